The van der Waals surface area contributed by atoms with Crippen molar-refractivity contribution in [2.75, 3.05) is 0 Å². The van der Waals surface area contributed by atoms with Crippen LogP contribution in [-0.2, 0) is 4.74 Å². The molecule has 1 rings (SSSR count). The first-order chi connectivity index (χ1) is 8.32. The van der Waals surface area contributed by atoms with E-state index in [-0.39, 0.29) is 21.9 Å². The van der Waals surface area contributed by atoms with Crippen molar-refractivity contribution in [1.82, 2.24) is 0 Å². The topological polar surface area (TPSA) is 52.4 Å². The van der Waals surface area contributed by atoms with Gasteiger partial charge in [-0.05, 0) is 31.1 Å². The van der Waals surface area contributed by atoms with Gasteiger partial charge in [-0.2, -0.15) is 0 Å². The molecule has 0 saturated carbocycles. The van der Waals surface area contributed by atoms with Gasteiger partial charge in [-0.1, -0.05) is 25.4 Å². The van der Waals surface area contributed by atoms with Crippen LogP contribution in [0.2, 0.25) is 5.02 Å². The highest BCUT2D eigenvalue weighted by molar-refractivity contribution is 7.80. The van der Waals surface area contributed by atoms with Crippen LogP contribution in [0.1, 0.15) is 26.3 Å². The second-order valence-electron chi connectivity index (χ2n) is 4.28. The van der Waals surface area contributed by atoms with Crippen molar-refractivity contribution in [3.8, 4) is 0 Å². The van der Waals surface area contributed by atoms with Crippen LogP contribution >= 0.6 is 23.8 Å². The zero-order valence-corrected chi connectivity index (χ0v) is 11.9. The van der Waals surface area contributed by atoms with E-state index in [4.69, 9.17) is 28.6 Å². The van der Waals surface area contributed by atoms with Crippen LogP contribution in [0.4, 0.5) is 5.69 Å². The van der Waals surface area contributed by atoms with E-state index in [1.54, 1.807) is 0 Å². The minimum atomic E-state index is -0.504. The van der Waals surface area contributed by atoms with Gasteiger partial charge in [0.1, 0.15) is 0 Å². The van der Waals surface area contributed by atoms with Gasteiger partial charge in [0.15, 0.2) is 5.05 Å². The average molecular weight is 288 g/mol. The highest BCUT2D eigenvalue weighted by Crippen LogP contribution is 2.24. The maximum atomic E-state index is 10.6. The van der Waals surface area contributed by atoms with Gasteiger partial charge in [-0.15, -0.1) is 0 Å². The fraction of sp³-hybridized carbons (Fsp3) is 0.417. The van der Waals surface area contributed by atoms with Crippen LogP contribution in [0.5, 0.6) is 0 Å². The van der Waals surface area contributed by atoms with Crippen molar-refractivity contribution in [3.05, 3.63) is 38.9 Å². The van der Waals surface area contributed by atoms with Gasteiger partial charge in [0.2, 0.25) is 0 Å². The smallest absolute Gasteiger partial charge is 0.270 e. The normalized spacial score (nSPS) is 12.3. The molecule has 1 aromatic carbocycles. The van der Waals surface area contributed by atoms with Crippen molar-refractivity contribution in [2.45, 2.75) is 26.9 Å². The Morgan fingerprint density at radius 2 is 2.06 bits per heavy atom. The minimum Gasteiger partial charge on any atom is -0.480 e. The molecule has 0 fully saturated rings. The lowest BCUT2D eigenvalue weighted by molar-refractivity contribution is -0.384. The van der Waals surface area contributed by atoms with E-state index in [2.05, 4.69) is 0 Å². The molecule has 0 heterocycles. The third-order valence-electron chi connectivity index (χ3n) is 2.62. The monoisotopic (exact) mass is 287 g/mol. The van der Waals surface area contributed by atoms with Gasteiger partial charge in [0, 0.05) is 17.7 Å². The van der Waals surface area contributed by atoms with E-state index in [1.807, 2.05) is 20.8 Å². The van der Waals surface area contributed by atoms with Gasteiger partial charge in [0.25, 0.3) is 5.69 Å². The van der Waals surface area contributed by atoms with Gasteiger partial charge < -0.3 is 4.74 Å². The number of rotatable bonds is 4. The summed E-state index contributed by atoms with van der Waals surface area (Å²) in [6.07, 6.45) is -0.0382. The number of hydrogen-bond donors (Lipinski definition) is 0. The summed E-state index contributed by atoms with van der Waals surface area (Å²) in [5.41, 5.74) is 0.438. The Hall–Kier alpha value is -1.20. The zero-order valence-electron chi connectivity index (χ0n) is 10.3. The van der Waals surface area contributed by atoms with Crippen LogP contribution in [-0.4, -0.2) is 16.1 Å². The third kappa shape index (κ3) is 3.65. The van der Waals surface area contributed by atoms with Crippen molar-refractivity contribution < 1.29 is 9.66 Å². The van der Waals surface area contributed by atoms with Crippen LogP contribution in [0.15, 0.2) is 18.2 Å². The lowest BCUT2D eigenvalue weighted by Crippen LogP contribution is -2.19. The van der Waals surface area contributed by atoms with Crippen LogP contribution in [0.25, 0.3) is 0 Å². The first-order valence-corrected chi connectivity index (χ1v) is 6.26. The molecule has 1 aromatic rings. The SMILES string of the molecule is CC(C)C(C)OC(=S)c1ccc([N+](=O)[O-])cc1Cl. The van der Waals surface area contributed by atoms with Crippen molar-refractivity contribution in [3.63, 3.8) is 0 Å². The Kier molecular flexibility index (Phi) is 5.04. The summed E-state index contributed by atoms with van der Waals surface area (Å²) >= 11 is 11.1. The molecule has 0 spiro atoms. The third-order valence-corrected chi connectivity index (χ3v) is 3.24. The highest BCUT2D eigenvalue weighted by atomic mass is 35.5. The number of benzene rings is 1. The van der Waals surface area contributed by atoms with E-state index < -0.39 is 4.92 Å². The average Bonchev–Trinajstić information content (AvgIpc) is 2.28. The number of nitrogens with zero attached hydrogens (tertiary/aromatic N) is 1. The molecule has 0 aliphatic rings. The van der Waals surface area contributed by atoms with E-state index in [9.17, 15) is 10.1 Å². The molecule has 4 nitrogen and oxygen atoms in total. The predicted octanol–water partition coefficient (Wildman–Crippen LogP) is 3.98. The second kappa shape index (κ2) is 6.11. The Morgan fingerprint density at radius 3 is 2.50 bits per heavy atom. The summed E-state index contributed by atoms with van der Waals surface area (Å²) in [5.74, 6) is 0.319. The van der Waals surface area contributed by atoms with E-state index >= 15 is 0 Å². The summed E-state index contributed by atoms with van der Waals surface area (Å²) in [7, 11) is 0. The maximum absolute atomic E-state index is 10.6. The van der Waals surface area contributed by atoms with Crippen molar-refractivity contribution in [1.29, 1.82) is 0 Å². The first-order valence-electron chi connectivity index (χ1n) is 5.48. The van der Waals surface area contributed by atoms with E-state index in [0.29, 0.717) is 11.5 Å². The quantitative estimate of drug-likeness (QED) is 0.477. The molecule has 0 bridgehead atoms. The predicted molar refractivity (Wildman–Crippen MR) is 75.2 cm³/mol. The van der Waals surface area contributed by atoms with Gasteiger partial charge in [0.05, 0.1) is 16.0 Å². The molecule has 1 unspecified atom stereocenters. The largest absolute Gasteiger partial charge is 0.480 e. The zero-order chi connectivity index (χ0) is 13.9. The van der Waals surface area contributed by atoms with Crippen LogP contribution < -0.4 is 0 Å². The Labute approximate surface area is 116 Å². The molecule has 1 atom stereocenters. The molecular weight excluding hydrogens is 274 g/mol. The lowest BCUT2D eigenvalue weighted by atomic mass is 10.1. The molecule has 6 heteroatoms. The number of thiocarbonyl (C=S) groups is 1. The summed E-state index contributed by atoms with van der Waals surface area (Å²) in [6.45, 7) is 5.95. The Bertz CT molecular complexity index is 476. The summed E-state index contributed by atoms with van der Waals surface area (Å²) in [5, 5.41) is 11.1. The fourth-order valence-corrected chi connectivity index (χ4v) is 1.80. The number of ether oxygens (including phenoxy) is 1. The molecule has 98 valence electrons. The molecule has 0 aliphatic carbocycles. The summed E-state index contributed by atoms with van der Waals surface area (Å²) < 4.78 is 5.56. The van der Waals surface area contributed by atoms with Gasteiger partial charge in [-0.3, -0.25) is 10.1 Å². The van der Waals surface area contributed by atoms with E-state index in [1.165, 1.54) is 18.2 Å². The first kappa shape index (κ1) is 14.9. The number of nitro groups is 1. The molecule has 0 aromatic heterocycles. The molecule has 0 radical (unpaired) electrons. The lowest BCUT2D eigenvalue weighted by Gasteiger charge is -2.18. The fourth-order valence-electron chi connectivity index (χ4n) is 1.15. The molecule has 18 heavy (non-hydrogen) atoms. The minimum absolute atomic E-state index is 0.0382. The summed E-state index contributed by atoms with van der Waals surface area (Å²) in [6, 6.07) is 4.14. The Morgan fingerprint density at radius 1 is 1.44 bits per heavy atom. The second-order valence-corrected chi connectivity index (χ2v) is 5.05. The van der Waals surface area contributed by atoms with Gasteiger partial charge >= 0.3 is 0 Å². The molecule has 0 saturated heterocycles. The van der Waals surface area contributed by atoms with Gasteiger partial charge in [-0.25, -0.2) is 0 Å². The maximum Gasteiger partial charge on any atom is 0.270 e. The van der Waals surface area contributed by atoms with Crippen molar-refractivity contribution in [2.24, 2.45) is 5.92 Å². The standard InChI is InChI=1S/C12H14ClNO3S/c1-7(2)8(3)17-12(18)10-5-4-9(14(15)16)6-11(10)13/h4-8H,1-3H3. The number of nitro benzene ring substituents is 1. The molecule has 0 N–H and O–H groups in total. The number of halogens is 1. The molecule has 0 aliphatic heterocycles. The number of non-ortho nitro benzene ring substituents is 1. The highest BCUT2D eigenvalue weighted by Gasteiger charge is 2.16. The number of hydrogen-bond acceptors (Lipinski definition) is 4. The molecular formula is C12H14ClNO3S. The van der Waals surface area contributed by atoms with Crippen molar-refractivity contribution >= 4 is 34.6 Å². The van der Waals surface area contributed by atoms with Crippen LogP contribution in [0, 0.1) is 16.0 Å². The van der Waals surface area contributed by atoms with E-state index in [0.717, 1.165) is 0 Å². The summed E-state index contributed by atoms with van der Waals surface area (Å²) in [4.78, 5) is 10.1. The van der Waals surface area contributed by atoms with Crippen LogP contribution in [0.3, 0.4) is 0 Å². The Balaban J connectivity index is 2.90. The molecule has 0 amide bonds.